The number of aryl methyl sites for hydroxylation is 1. The third kappa shape index (κ3) is 3.49. The molecule has 0 saturated heterocycles. The van der Waals surface area contributed by atoms with E-state index in [1.165, 1.54) is 0 Å². The van der Waals surface area contributed by atoms with E-state index in [1.807, 2.05) is 36.7 Å². The highest BCUT2D eigenvalue weighted by Gasteiger charge is 2.02. The molecule has 5 nitrogen and oxygen atoms in total. The van der Waals surface area contributed by atoms with Crippen molar-refractivity contribution in [2.75, 3.05) is 6.61 Å². The standard InChI is InChI=1S/C18H19N3O2S/c1-3-10-23-14-9-8-13(16(22)11-14)12-19-20-18-21(2)15-6-4-5-7-17(15)24-18/h4-9,11-12,22H,3,10H2,1-2H3/b19-12+,20-18?. The molecule has 0 fully saturated rings. The number of rotatable bonds is 5. The van der Waals surface area contributed by atoms with Gasteiger partial charge in [-0.25, -0.2) is 0 Å². The SMILES string of the molecule is CCCOc1ccc(/C=N/N=c2sc3ccccc3n2C)c(O)c1. The Morgan fingerprint density at radius 1 is 1.25 bits per heavy atom. The average Bonchev–Trinajstić information content (AvgIpc) is 2.91. The van der Waals surface area contributed by atoms with Crippen molar-refractivity contribution < 1.29 is 9.84 Å². The average molecular weight is 341 g/mol. The van der Waals surface area contributed by atoms with Gasteiger partial charge in [-0.05, 0) is 30.7 Å². The molecule has 1 aromatic heterocycles. The van der Waals surface area contributed by atoms with Crippen molar-refractivity contribution in [3.8, 4) is 11.5 Å². The number of aromatic nitrogens is 1. The zero-order valence-corrected chi connectivity index (χ0v) is 14.5. The number of phenolic OH excluding ortho intramolecular Hbond substituents is 1. The number of thiazole rings is 1. The normalized spacial score (nSPS) is 12.3. The van der Waals surface area contributed by atoms with Crippen LogP contribution >= 0.6 is 11.3 Å². The Kier molecular flexibility index (Phi) is 4.96. The number of phenols is 1. The van der Waals surface area contributed by atoms with Gasteiger partial charge in [-0.3, -0.25) is 0 Å². The molecule has 1 heterocycles. The number of aromatic hydroxyl groups is 1. The molecule has 3 aromatic rings. The highest BCUT2D eigenvalue weighted by molar-refractivity contribution is 7.16. The molecule has 3 rings (SSSR count). The molecule has 1 N–H and O–H groups in total. The van der Waals surface area contributed by atoms with Gasteiger partial charge in [-0.1, -0.05) is 30.4 Å². The monoisotopic (exact) mass is 341 g/mol. The van der Waals surface area contributed by atoms with Crippen LogP contribution in [0.25, 0.3) is 10.2 Å². The Morgan fingerprint density at radius 3 is 2.83 bits per heavy atom. The van der Waals surface area contributed by atoms with E-state index >= 15 is 0 Å². The number of hydrogen-bond acceptors (Lipinski definition) is 5. The van der Waals surface area contributed by atoms with E-state index in [9.17, 15) is 5.11 Å². The quantitative estimate of drug-likeness (QED) is 0.568. The predicted molar refractivity (Wildman–Crippen MR) is 97.8 cm³/mol. The summed E-state index contributed by atoms with van der Waals surface area (Å²) in [4.78, 5) is 0.801. The van der Waals surface area contributed by atoms with E-state index in [0.29, 0.717) is 17.9 Å². The second-order valence-electron chi connectivity index (χ2n) is 5.33. The number of hydrogen-bond donors (Lipinski definition) is 1. The summed E-state index contributed by atoms with van der Waals surface area (Å²) < 4.78 is 8.64. The van der Waals surface area contributed by atoms with Gasteiger partial charge in [0.1, 0.15) is 11.5 Å². The summed E-state index contributed by atoms with van der Waals surface area (Å²) in [5.74, 6) is 0.780. The van der Waals surface area contributed by atoms with Crippen LogP contribution in [0.2, 0.25) is 0 Å². The second kappa shape index (κ2) is 7.31. The fourth-order valence-corrected chi connectivity index (χ4v) is 3.24. The van der Waals surface area contributed by atoms with E-state index in [1.54, 1.807) is 29.7 Å². The van der Waals surface area contributed by atoms with Crippen molar-refractivity contribution in [1.29, 1.82) is 0 Å². The Labute approximate surface area is 144 Å². The van der Waals surface area contributed by atoms with Crippen LogP contribution in [0.5, 0.6) is 11.5 Å². The van der Waals surface area contributed by atoms with Gasteiger partial charge in [0.05, 0.1) is 23.0 Å². The summed E-state index contributed by atoms with van der Waals surface area (Å²) in [5.41, 5.74) is 1.73. The van der Waals surface area contributed by atoms with Gasteiger partial charge in [0.2, 0.25) is 4.80 Å². The van der Waals surface area contributed by atoms with Crippen molar-refractivity contribution in [1.82, 2.24) is 4.57 Å². The molecule has 0 atom stereocenters. The maximum absolute atomic E-state index is 10.0. The lowest BCUT2D eigenvalue weighted by Crippen LogP contribution is -2.08. The molecule has 2 aromatic carbocycles. The lowest BCUT2D eigenvalue weighted by Gasteiger charge is -2.05. The van der Waals surface area contributed by atoms with Crippen LogP contribution in [0, 0.1) is 0 Å². The summed E-state index contributed by atoms with van der Waals surface area (Å²) in [6.45, 7) is 2.67. The van der Waals surface area contributed by atoms with Crippen LogP contribution in [0.15, 0.2) is 52.7 Å². The fraction of sp³-hybridized carbons (Fsp3) is 0.222. The van der Waals surface area contributed by atoms with Gasteiger partial charge in [0, 0.05) is 18.7 Å². The summed E-state index contributed by atoms with van der Waals surface area (Å²) >= 11 is 1.57. The topological polar surface area (TPSA) is 59.1 Å². The van der Waals surface area contributed by atoms with Crippen LogP contribution in [0.3, 0.4) is 0 Å². The first-order valence-corrected chi connectivity index (χ1v) is 8.58. The fourth-order valence-electron chi connectivity index (χ4n) is 2.26. The molecule has 24 heavy (non-hydrogen) atoms. The minimum atomic E-state index is 0.128. The molecule has 6 heteroatoms. The molecule has 0 aliphatic rings. The van der Waals surface area contributed by atoms with Gasteiger partial charge in [0.25, 0.3) is 0 Å². The third-order valence-electron chi connectivity index (χ3n) is 3.53. The van der Waals surface area contributed by atoms with Crippen LogP contribution in [-0.2, 0) is 7.05 Å². The van der Waals surface area contributed by atoms with E-state index < -0.39 is 0 Å². The third-order valence-corrected chi connectivity index (χ3v) is 4.63. The second-order valence-corrected chi connectivity index (χ2v) is 6.33. The van der Waals surface area contributed by atoms with Gasteiger partial charge in [0.15, 0.2) is 0 Å². The van der Waals surface area contributed by atoms with Gasteiger partial charge >= 0.3 is 0 Å². The number of para-hydroxylation sites is 1. The maximum atomic E-state index is 10.0. The summed E-state index contributed by atoms with van der Waals surface area (Å²) in [5, 5.41) is 18.4. The molecule has 0 aliphatic heterocycles. The van der Waals surface area contributed by atoms with E-state index in [2.05, 4.69) is 22.3 Å². The molecule has 0 aliphatic carbocycles. The molecule has 0 radical (unpaired) electrons. The Balaban J connectivity index is 1.83. The molecule has 0 bridgehead atoms. The highest BCUT2D eigenvalue weighted by Crippen LogP contribution is 2.22. The lowest BCUT2D eigenvalue weighted by atomic mass is 10.2. The minimum Gasteiger partial charge on any atom is -0.507 e. The summed E-state index contributed by atoms with van der Waals surface area (Å²) in [6.07, 6.45) is 2.47. The molecule has 0 unspecified atom stereocenters. The van der Waals surface area contributed by atoms with Crippen LogP contribution in [-0.4, -0.2) is 22.5 Å². The van der Waals surface area contributed by atoms with Crippen molar-refractivity contribution in [3.63, 3.8) is 0 Å². The van der Waals surface area contributed by atoms with Crippen LogP contribution < -0.4 is 9.54 Å². The predicted octanol–water partition coefficient (Wildman–Crippen LogP) is 3.67. The van der Waals surface area contributed by atoms with Crippen molar-refractivity contribution >= 4 is 27.8 Å². The van der Waals surface area contributed by atoms with Gasteiger partial charge in [-0.15, -0.1) is 5.10 Å². The zero-order chi connectivity index (χ0) is 16.9. The molecule has 0 amide bonds. The van der Waals surface area contributed by atoms with E-state index in [0.717, 1.165) is 21.4 Å². The van der Waals surface area contributed by atoms with Gasteiger partial charge < -0.3 is 14.4 Å². The summed E-state index contributed by atoms with van der Waals surface area (Å²) in [7, 11) is 1.96. The first kappa shape index (κ1) is 16.3. The molecule has 124 valence electrons. The first-order chi connectivity index (χ1) is 11.7. The molecular weight excluding hydrogens is 322 g/mol. The van der Waals surface area contributed by atoms with E-state index in [4.69, 9.17) is 4.74 Å². The first-order valence-electron chi connectivity index (χ1n) is 7.76. The smallest absolute Gasteiger partial charge is 0.211 e. The number of fused-ring (bicyclic) bond motifs is 1. The Bertz CT molecular complexity index is 941. The summed E-state index contributed by atoms with van der Waals surface area (Å²) in [6, 6.07) is 13.3. The zero-order valence-electron chi connectivity index (χ0n) is 13.6. The maximum Gasteiger partial charge on any atom is 0.211 e. The number of ether oxygens (including phenoxy) is 1. The molecule has 0 spiro atoms. The Hall–Kier alpha value is -2.60. The Morgan fingerprint density at radius 2 is 2.08 bits per heavy atom. The van der Waals surface area contributed by atoms with E-state index in [-0.39, 0.29) is 5.75 Å². The highest BCUT2D eigenvalue weighted by atomic mass is 32.1. The molecule has 0 saturated carbocycles. The van der Waals surface area contributed by atoms with Crippen molar-refractivity contribution in [2.24, 2.45) is 17.3 Å². The number of benzene rings is 2. The van der Waals surface area contributed by atoms with Crippen LogP contribution in [0.1, 0.15) is 18.9 Å². The minimum absolute atomic E-state index is 0.128. The molecular formula is C18H19N3O2S. The van der Waals surface area contributed by atoms with Crippen LogP contribution in [0.4, 0.5) is 0 Å². The number of nitrogens with zero attached hydrogens (tertiary/aromatic N) is 3. The largest absolute Gasteiger partial charge is 0.507 e. The van der Waals surface area contributed by atoms with Gasteiger partial charge in [-0.2, -0.15) is 5.10 Å². The van der Waals surface area contributed by atoms with Crippen molar-refractivity contribution in [2.45, 2.75) is 13.3 Å². The lowest BCUT2D eigenvalue weighted by molar-refractivity contribution is 0.315. The van der Waals surface area contributed by atoms with Crippen molar-refractivity contribution in [3.05, 3.63) is 52.8 Å².